The molecule has 0 spiro atoms. The van der Waals surface area contributed by atoms with Gasteiger partial charge in [0.1, 0.15) is 6.61 Å². The first-order valence-electron chi connectivity index (χ1n) is 4.23. The highest BCUT2D eigenvalue weighted by molar-refractivity contribution is 5.67. The fraction of sp³-hybridized carbons (Fsp3) is 0.875. The molecule has 1 N–H and O–H groups in total. The molecule has 0 bridgehead atoms. The number of aliphatic carboxylic acids is 1. The fourth-order valence-electron chi connectivity index (χ4n) is 1.24. The van der Waals surface area contributed by atoms with Gasteiger partial charge in [-0.2, -0.15) is 0 Å². The van der Waals surface area contributed by atoms with E-state index < -0.39 is 5.97 Å². The Morgan fingerprint density at radius 3 is 2.92 bits per heavy atom. The van der Waals surface area contributed by atoms with Crippen LogP contribution in [-0.4, -0.2) is 48.3 Å². The number of hydrogen-bond donors (Lipinski definition) is 1. The highest BCUT2D eigenvalue weighted by Gasteiger charge is 2.22. The molecular weight excluding hydrogens is 158 g/mol. The van der Waals surface area contributed by atoms with Crippen LogP contribution >= 0.6 is 0 Å². The maximum atomic E-state index is 10.1. The Labute approximate surface area is 72.1 Å². The van der Waals surface area contributed by atoms with Crippen molar-refractivity contribution in [1.29, 1.82) is 0 Å². The molecule has 1 saturated heterocycles. The van der Waals surface area contributed by atoms with Crippen LogP contribution in [0.1, 0.15) is 13.3 Å². The summed E-state index contributed by atoms with van der Waals surface area (Å²) in [5.41, 5.74) is 0. The van der Waals surface area contributed by atoms with Gasteiger partial charge in [0, 0.05) is 12.6 Å². The van der Waals surface area contributed by atoms with Gasteiger partial charge in [-0.05, 0) is 19.9 Å². The normalized spacial score (nSPS) is 23.6. The predicted molar refractivity (Wildman–Crippen MR) is 44.1 cm³/mol. The average molecular weight is 173 g/mol. The minimum absolute atomic E-state index is 0.178. The summed E-state index contributed by atoms with van der Waals surface area (Å²) in [5.74, 6) is -0.897. The van der Waals surface area contributed by atoms with Crippen LogP contribution in [-0.2, 0) is 9.53 Å². The highest BCUT2D eigenvalue weighted by Crippen LogP contribution is 2.14. The van der Waals surface area contributed by atoms with Crippen molar-refractivity contribution >= 4 is 5.97 Å². The maximum absolute atomic E-state index is 10.1. The van der Waals surface area contributed by atoms with Crippen LogP contribution in [0.3, 0.4) is 0 Å². The van der Waals surface area contributed by atoms with Crippen LogP contribution in [0.15, 0.2) is 0 Å². The van der Waals surface area contributed by atoms with Crippen molar-refractivity contribution in [1.82, 2.24) is 4.90 Å². The van der Waals surface area contributed by atoms with E-state index in [1.807, 2.05) is 0 Å². The summed E-state index contributed by atoms with van der Waals surface area (Å²) >= 11 is 0. The van der Waals surface area contributed by atoms with E-state index in [9.17, 15) is 4.79 Å². The number of rotatable bonds is 5. The molecule has 1 rings (SSSR count). The van der Waals surface area contributed by atoms with Gasteiger partial charge in [-0.25, -0.2) is 4.79 Å². The molecule has 1 aliphatic heterocycles. The molecule has 4 nitrogen and oxygen atoms in total. The van der Waals surface area contributed by atoms with Gasteiger partial charge in [-0.1, -0.05) is 0 Å². The fourth-order valence-corrected chi connectivity index (χ4v) is 1.24. The number of ether oxygens (including phenoxy) is 1. The number of carbonyl (C=O) groups is 1. The number of carboxylic acids is 1. The van der Waals surface area contributed by atoms with Crippen molar-refractivity contribution in [2.24, 2.45) is 0 Å². The maximum Gasteiger partial charge on any atom is 0.329 e. The third-order valence-electron chi connectivity index (χ3n) is 2.21. The lowest BCUT2D eigenvalue weighted by molar-refractivity contribution is -0.142. The summed E-state index contributed by atoms with van der Waals surface area (Å²) in [7, 11) is 0. The molecule has 0 aliphatic carbocycles. The third kappa shape index (κ3) is 2.79. The Balaban J connectivity index is 1.92. The molecule has 70 valence electrons. The number of nitrogens with zero attached hydrogens (tertiary/aromatic N) is 1. The molecule has 1 atom stereocenters. The van der Waals surface area contributed by atoms with Gasteiger partial charge in [0.15, 0.2) is 0 Å². The van der Waals surface area contributed by atoms with Gasteiger partial charge in [-0.3, -0.25) is 4.90 Å². The summed E-state index contributed by atoms with van der Waals surface area (Å²) in [6.45, 7) is 4.49. The zero-order valence-corrected chi connectivity index (χ0v) is 7.32. The Hall–Kier alpha value is -0.610. The van der Waals surface area contributed by atoms with Crippen molar-refractivity contribution in [3.8, 4) is 0 Å². The first-order valence-corrected chi connectivity index (χ1v) is 4.23. The Morgan fingerprint density at radius 1 is 1.75 bits per heavy atom. The minimum Gasteiger partial charge on any atom is -0.480 e. The van der Waals surface area contributed by atoms with Crippen LogP contribution in [0, 0.1) is 0 Å². The van der Waals surface area contributed by atoms with Gasteiger partial charge >= 0.3 is 5.97 Å². The summed E-state index contributed by atoms with van der Waals surface area (Å²) in [5, 5.41) is 8.26. The van der Waals surface area contributed by atoms with Crippen molar-refractivity contribution in [2.75, 3.05) is 26.3 Å². The SMILES string of the molecule is CC1CCN1CCOCC(=O)O. The number of hydrogen-bond acceptors (Lipinski definition) is 3. The van der Waals surface area contributed by atoms with E-state index in [1.54, 1.807) is 0 Å². The molecule has 0 aromatic heterocycles. The van der Waals surface area contributed by atoms with E-state index in [4.69, 9.17) is 9.84 Å². The van der Waals surface area contributed by atoms with Crippen molar-refractivity contribution in [2.45, 2.75) is 19.4 Å². The quantitative estimate of drug-likeness (QED) is 0.603. The van der Waals surface area contributed by atoms with Crippen LogP contribution in [0.4, 0.5) is 0 Å². The monoisotopic (exact) mass is 173 g/mol. The second kappa shape index (κ2) is 4.42. The van der Waals surface area contributed by atoms with E-state index in [0.717, 1.165) is 13.1 Å². The lowest BCUT2D eigenvalue weighted by Gasteiger charge is -2.38. The molecule has 0 radical (unpaired) electrons. The van der Waals surface area contributed by atoms with Crippen LogP contribution in [0.5, 0.6) is 0 Å². The molecule has 0 aromatic rings. The lowest BCUT2D eigenvalue weighted by Crippen LogP contribution is -2.47. The lowest BCUT2D eigenvalue weighted by atomic mass is 10.1. The molecule has 4 heteroatoms. The highest BCUT2D eigenvalue weighted by atomic mass is 16.5. The Bertz CT molecular complexity index is 160. The number of likely N-dealkylation sites (tertiary alicyclic amines) is 1. The van der Waals surface area contributed by atoms with Gasteiger partial charge in [0.2, 0.25) is 0 Å². The Morgan fingerprint density at radius 2 is 2.50 bits per heavy atom. The molecule has 1 fully saturated rings. The van der Waals surface area contributed by atoms with E-state index in [0.29, 0.717) is 12.6 Å². The molecule has 1 heterocycles. The van der Waals surface area contributed by atoms with Crippen LogP contribution in [0.25, 0.3) is 0 Å². The zero-order valence-electron chi connectivity index (χ0n) is 7.32. The summed E-state index contributed by atoms with van der Waals surface area (Å²) in [6, 6.07) is 0.651. The van der Waals surface area contributed by atoms with Crippen molar-refractivity contribution in [3.63, 3.8) is 0 Å². The molecule has 12 heavy (non-hydrogen) atoms. The third-order valence-corrected chi connectivity index (χ3v) is 2.21. The second-order valence-electron chi connectivity index (χ2n) is 3.12. The second-order valence-corrected chi connectivity index (χ2v) is 3.12. The van der Waals surface area contributed by atoms with Gasteiger partial charge in [0.25, 0.3) is 0 Å². The Kier molecular flexibility index (Phi) is 3.49. The first kappa shape index (κ1) is 9.48. The van der Waals surface area contributed by atoms with Gasteiger partial charge in [0.05, 0.1) is 6.61 Å². The smallest absolute Gasteiger partial charge is 0.329 e. The summed E-state index contributed by atoms with van der Waals surface area (Å²) in [4.78, 5) is 12.3. The van der Waals surface area contributed by atoms with E-state index in [-0.39, 0.29) is 6.61 Å². The van der Waals surface area contributed by atoms with E-state index in [1.165, 1.54) is 6.42 Å². The summed E-state index contributed by atoms with van der Waals surface area (Å²) < 4.78 is 4.91. The van der Waals surface area contributed by atoms with Crippen molar-refractivity contribution < 1.29 is 14.6 Å². The zero-order chi connectivity index (χ0) is 8.97. The van der Waals surface area contributed by atoms with Gasteiger partial charge < -0.3 is 9.84 Å². The topological polar surface area (TPSA) is 49.8 Å². The van der Waals surface area contributed by atoms with Crippen molar-refractivity contribution in [3.05, 3.63) is 0 Å². The van der Waals surface area contributed by atoms with Crippen LogP contribution in [0.2, 0.25) is 0 Å². The molecule has 1 unspecified atom stereocenters. The van der Waals surface area contributed by atoms with Gasteiger partial charge in [-0.15, -0.1) is 0 Å². The molecule has 0 amide bonds. The first-order chi connectivity index (χ1) is 5.70. The number of carboxylic acid groups (broad SMARTS) is 1. The molecule has 0 aromatic carbocycles. The molecular formula is C8H15NO3. The van der Waals surface area contributed by atoms with Crippen LogP contribution < -0.4 is 0 Å². The standard InChI is InChI=1S/C8H15NO3/c1-7-2-3-9(7)4-5-12-6-8(10)11/h7H,2-6H2,1H3,(H,10,11). The average Bonchev–Trinajstić information content (AvgIpc) is 2.01. The molecule has 0 saturated carbocycles. The summed E-state index contributed by atoms with van der Waals surface area (Å²) in [6.07, 6.45) is 1.25. The minimum atomic E-state index is -0.897. The van der Waals surface area contributed by atoms with E-state index >= 15 is 0 Å². The molecule has 1 aliphatic rings. The largest absolute Gasteiger partial charge is 0.480 e. The van der Waals surface area contributed by atoms with E-state index in [2.05, 4.69) is 11.8 Å². The predicted octanol–water partition coefficient (Wildman–Crippen LogP) is 0.182.